The number of carbonyl (C=O) groups excluding carboxylic acids is 1. The van der Waals surface area contributed by atoms with E-state index in [0.29, 0.717) is 6.42 Å². The lowest BCUT2D eigenvalue weighted by atomic mass is 10.1. The van der Waals surface area contributed by atoms with Gasteiger partial charge in [-0.2, -0.15) is 18.3 Å². The zero-order chi connectivity index (χ0) is 21.0. The van der Waals surface area contributed by atoms with Crippen molar-refractivity contribution in [3.8, 4) is 11.4 Å². The predicted molar refractivity (Wildman–Crippen MR) is 102 cm³/mol. The topological polar surface area (TPSA) is 67.2 Å². The van der Waals surface area contributed by atoms with Crippen molar-refractivity contribution in [3.63, 3.8) is 0 Å². The quantitative estimate of drug-likeness (QED) is 0.643. The van der Waals surface area contributed by atoms with E-state index < -0.39 is 23.4 Å². The summed E-state index contributed by atoms with van der Waals surface area (Å²) in [5.74, 6) is -1.14. The lowest BCUT2D eigenvalue weighted by molar-refractivity contribution is -0.137. The Hall–Kier alpha value is -3.29. The van der Waals surface area contributed by atoms with E-state index in [-0.39, 0.29) is 17.4 Å². The molecular formula is C21H20F3N3O2. The summed E-state index contributed by atoms with van der Waals surface area (Å²) in [5.41, 5.74) is -0.379. The second-order valence-electron chi connectivity index (χ2n) is 6.72. The number of aromatic hydroxyl groups is 1. The average molecular weight is 403 g/mol. The zero-order valence-electron chi connectivity index (χ0n) is 15.6. The van der Waals surface area contributed by atoms with Gasteiger partial charge in [-0.25, -0.2) is 4.68 Å². The Morgan fingerprint density at radius 1 is 1.14 bits per heavy atom. The molecule has 0 aliphatic rings. The first-order chi connectivity index (χ1) is 13.8. The SMILES string of the molecule is CC(CCc1ccccc1)NC(=O)c1nn(-c2ccccc2C(F)(F)F)cc1O. The van der Waals surface area contributed by atoms with Gasteiger partial charge in [-0.15, -0.1) is 0 Å². The van der Waals surface area contributed by atoms with Crippen LogP contribution in [0.25, 0.3) is 5.69 Å². The van der Waals surface area contributed by atoms with Crippen LogP contribution in [0, 0.1) is 0 Å². The maximum atomic E-state index is 13.2. The van der Waals surface area contributed by atoms with Crippen LogP contribution in [0.4, 0.5) is 13.2 Å². The van der Waals surface area contributed by atoms with Crippen molar-refractivity contribution in [2.24, 2.45) is 0 Å². The largest absolute Gasteiger partial charge is 0.504 e. The Bertz CT molecular complexity index is 984. The molecule has 1 heterocycles. The second-order valence-corrected chi connectivity index (χ2v) is 6.72. The Morgan fingerprint density at radius 2 is 1.79 bits per heavy atom. The molecule has 0 radical (unpaired) electrons. The van der Waals surface area contributed by atoms with E-state index in [9.17, 15) is 23.1 Å². The lowest BCUT2D eigenvalue weighted by Crippen LogP contribution is -2.33. The molecule has 0 spiro atoms. The molecule has 0 bridgehead atoms. The molecule has 1 unspecified atom stereocenters. The molecule has 29 heavy (non-hydrogen) atoms. The highest BCUT2D eigenvalue weighted by molar-refractivity contribution is 5.95. The van der Waals surface area contributed by atoms with Gasteiger partial charge >= 0.3 is 6.18 Å². The number of hydrogen-bond donors (Lipinski definition) is 2. The third-order valence-electron chi connectivity index (χ3n) is 4.45. The third kappa shape index (κ3) is 4.96. The van der Waals surface area contributed by atoms with Crippen molar-refractivity contribution in [1.29, 1.82) is 0 Å². The molecule has 2 N–H and O–H groups in total. The highest BCUT2D eigenvalue weighted by Gasteiger charge is 2.34. The van der Waals surface area contributed by atoms with E-state index in [1.54, 1.807) is 0 Å². The van der Waals surface area contributed by atoms with Gasteiger partial charge in [-0.1, -0.05) is 42.5 Å². The van der Waals surface area contributed by atoms with Crippen molar-refractivity contribution in [1.82, 2.24) is 15.1 Å². The molecule has 0 aliphatic carbocycles. The average Bonchev–Trinajstić information content (AvgIpc) is 3.08. The van der Waals surface area contributed by atoms with Gasteiger partial charge in [0.05, 0.1) is 17.4 Å². The Kier molecular flexibility index (Phi) is 5.91. The molecule has 0 saturated carbocycles. The van der Waals surface area contributed by atoms with Crippen molar-refractivity contribution in [2.75, 3.05) is 0 Å². The Labute approximate surface area is 165 Å². The first-order valence-electron chi connectivity index (χ1n) is 9.05. The van der Waals surface area contributed by atoms with Gasteiger partial charge in [0.1, 0.15) is 0 Å². The van der Waals surface area contributed by atoms with Gasteiger partial charge in [-0.3, -0.25) is 4.79 Å². The van der Waals surface area contributed by atoms with E-state index >= 15 is 0 Å². The summed E-state index contributed by atoms with van der Waals surface area (Å²) in [4.78, 5) is 12.4. The van der Waals surface area contributed by atoms with Gasteiger partial charge < -0.3 is 10.4 Å². The van der Waals surface area contributed by atoms with E-state index in [0.717, 1.165) is 28.9 Å². The van der Waals surface area contributed by atoms with Gasteiger partial charge in [-0.05, 0) is 37.5 Å². The summed E-state index contributed by atoms with van der Waals surface area (Å²) in [6.45, 7) is 1.81. The molecule has 2 aromatic carbocycles. The van der Waals surface area contributed by atoms with Crippen LogP contribution in [0.15, 0.2) is 60.8 Å². The molecule has 8 heteroatoms. The fourth-order valence-electron chi connectivity index (χ4n) is 2.96. The van der Waals surface area contributed by atoms with Gasteiger partial charge in [0.25, 0.3) is 5.91 Å². The summed E-state index contributed by atoms with van der Waals surface area (Å²) >= 11 is 0. The number of rotatable bonds is 6. The number of nitrogens with zero attached hydrogens (tertiary/aromatic N) is 2. The van der Waals surface area contributed by atoms with E-state index in [2.05, 4.69) is 10.4 Å². The Balaban J connectivity index is 1.73. The molecule has 0 saturated heterocycles. The smallest absolute Gasteiger partial charge is 0.418 e. The molecule has 3 aromatic rings. The van der Waals surface area contributed by atoms with Gasteiger partial charge in [0.15, 0.2) is 11.4 Å². The summed E-state index contributed by atoms with van der Waals surface area (Å²) in [7, 11) is 0. The summed E-state index contributed by atoms with van der Waals surface area (Å²) < 4.78 is 40.5. The van der Waals surface area contributed by atoms with Crippen LogP contribution in [0.1, 0.15) is 35.0 Å². The molecular weight excluding hydrogens is 383 g/mol. The number of amides is 1. The first kappa shape index (κ1) is 20.4. The monoisotopic (exact) mass is 403 g/mol. The minimum Gasteiger partial charge on any atom is -0.504 e. The second kappa shape index (κ2) is 8.38. The molecule has 152 valence electrons. The number of aromatic nitrogens is 2. The van der Waals surface area contributed by atoms with Gasteiger partial charge in [0, 0.05) is 6.04 Å². The van der Waals surface area contributed by atoms with Crippen molar-refractivity contribution >= 4 is 5.91 Å². The molecule has 3 rings (SSSR count). The van der Waals surface area contributed by atoms with E-state index in [4.69, 9.17) is 0 Å². The third-order valence-corrected chi connectivity index (χ3v) is 4.45. The Morgan fingerprint density at radius 3 is 2.48 bits per heavy atom. The maximum Gasteiger partial charge on any atom is 0.418 e. The number of aryl methyl sites for hydroxylation is 1. The molecule has 1 aromatic heterocycles. The number of para-hydroxylation sites is 1. The summed E-state index contributed by atoms with van der Waals surface area (Å²) in [5, 5.41) is 16.7. The minimum atomic E-state index is -4.59. The van der Waals surface area contributed by atoms with Crippen LogP contribution in [0.2, 0.25) is 0 Å². The van der Waals surface area contributed by atoms with Crippen molar-refractivity contribution < 1.29 is 23.1 Å². The molecule has 0 aliphatic heterocycles. The lowest BCUT2D eigenvalue weighted by Gasteiger charge is -2.13. The van der Waals surface area contributed by atoms with Crippen LogP contribution in [0.5, 0.6) is 5.75 Å². The number of halogens is 3. The van der Waals surface area contributed by atoms with Gasteiger partial charge in [0.2, 0.25) is 0 Å². The number of hydrogen-bond acceptors (Lipinski definition) is 3. The number of carbonyl (C=O) groups is 1. The first-order valence-corrected chi connectivity index (χ1v) is 9.05. The molecule has 1 atom stereocenters. The minimum absolute atomic E-state index is 0.213. The highest BCUT2D eigenvalue weighted by atomic mass is 19.4. The van der Waals surface area contributed by atoms with Crippen LogP contribution in [-0.4, -0.2) is 26.8 Å². The van der Waals surface area contributed by atoms with Crippen LogP contribution >= 0.6 is 0 Å². The van der Waals surface area contributed by atoms with Crippen LogP contribution < -0.4 is 5.32 Å². The van der Waals surface area contributed by atoms with Crippen LogP contribution in [0.3, 0.4) is 0 Å². The maximum absolute atomic E-state index is 13.2. The molecule has 5 nitrogen and oxygen atoms in total. The molecule has 1 amide bonds. The fourth-order valence-corrected chi connectivity index (χ4v) is 2.96. The summed E-state index contributed by atoms with van der Waals surface area (Å²) in [6, 6.07) is 14.4. The number of benzene rings is 2. The normalized spacial score (nSPS) is 12.6. The van der Waals surface area contributed by atoms with Crippen molar-refractivity contribution in [2.45, 2.75) is 32.0 Å². The molecule has 0 fully saturated rings. The van der Waals surface area contributed by atoms with E-state index in [1.165, 1.54) is 18.2 Å². The standard InChI is InChI=1S/C21H20F3N3O2/c1-14(11-12-15-7-3-2-4-8-15)25-20(29)19-18(28)13-27(26-19)17-10-6-5-9-16(17)21(22,23)24/h2-10,13-14,28H,11-12H2,1H3,(H,25,29). The number of nitrogens with one attached hydrogen (secondary N) is 1. The zero-order valence-corrected chi connectivity index (χ0v) is 15.6. The fraction of sp³-hybridized carbons (Fsp3) is 0.238. The van der Waals surface area contributed by atoms with Crippen LogP contribution in [-0.2, 0) is 12.6 Å². The highest BCUT2D eigenvalue weighted by Crippen LogP contribution is 2.34. The predicted octanol–water partition coefficient (Wildman–Crippen LogP) is 4.35. The number of alkyl halides is 3. The summed E-state index contributed by atoms with van der Waals surface area (Å²) in [6.07, 6.45) is -2.18. The van der Waals surface area contributed by atoms with E-state index in [1.807, 2.05) is 37.3 Å². The van der Waals surface area contributed by atoms with Crippen molar-refractivity contribution in [3.05, 3.63) is 77.6 Å².